The second kappa shape index (κ2) is 4.34. The Kier molecular flexibility index (Phi) is 3.06. The molecule has 0 saturated carbocycles. The molecule has 3 heteroatoms. The van der Waals surface area contributed by atoms with Crippen molar-refractivity contribution in [3.8, 4) is 11.5 Å². The maximum Gasteiger partial charge on any atom is 0.161 e. The van der Waals surface area contributed by atoms with Crippen LogP contribution in [-0.4, -0.2) is 17.8 Å². The topological polar surface area (TPSA) is 41.5 Å². The third-order valence-electron chi connectivity index (χ3n) is 2.89. The molecule has 0 aromatic heterocycles. The van der Waals surface area contributed by atoms with Crippen LogP contribution >= 0.6 is 0 Å². The van der Waals surface area contributed by atoms with Crippen LogP contribution in [0.15, 0.2) is 12.1 Å². The van der Waals surface area contributed by atoms with Gasteiger partial charge in [0.2, 0.25) is 0 Å². The predicted octanol–water partition coefficient (Wildman–Crippen LogP) is 2.39. The quantitative estimate of drug-likeness (QED) is 0.805. The van der Waals surface area contributed by atoms with Crippen molar-refractivity contribution in [3.05, 3.63) is 23.3 Å². The molecule has 1 aromatic carbocycles. The fourth-order valence-corrected chi connectivity index (χ4v) is 2.13. The van der Waals surface area contributed by atoms with Crippen molar-refractivity contribution >= 4 is 0 Å². The number of phenols is 1. The van der Waals surface area contributed by atoms with Crippen LogP contribution < -0.4 is 10.1 Å². The van der Waals surface area contributed by atoms with E-state index in [0.29, 0.717) is 11.8 Å². The van der Waals surface area contributed by atoms with Crippen LogP contribution in [0.4, 0.5) is 0 Å². The molecule has 0 bridgehead atoms. The molecule has 1 aliphatic heterocycles. The van der Waals surface area contributed by atoms with Crippen molar-refractivity contribution in [1.29, 1.82) is 0 Å². The maximum absolute atomic E-state index is 9.86. The molecule has 3 nitrogen and oxygen atoms in total. The number of nitrogens with one attached hydrogen (secondary N) is 1. The molecule has 1 aromatic rings. The van der Waals surface area contributed by atoms with Gasteiger partial charge in [0, 0.05) is 6.04 Å². The van der Waals surface area contributed by atoms with Crippen LogP contribution in [0, 0.1) is 0 Å². The minimum absolute atomic E-state index is 0.0794. The molecule has 0 radical (unpaired) electrons. The number of hydrogen-bond acceptors (Lipinski definition) is 3. The summed E-state index contributed by atoms with van der Waals surface area (Å²) in [7, 11) is 0. The number of phenolic OH excluding ortho intramolecular Hbond substituents is 1. The average Bonchev–Trinajstić information content (AvgIpc) is 2.20. The lowest BCUT2D eigenvalue weighted by Gasteiger charge is -2.25. The molecule has 0 fully saturated rings. The third-order valence-corrected chi connectivity index (χ3v) is 2.89. The lowest BCUT2D eigenvalue weighted by atomic mass is 9.94. The van der Waals surface area contributed by atoms with Gasteiger partial charge in [-0.1, -0.05) is 0 Å². The first kappa shape index (κ1) is 11.3. The monoisotopic (exact) mass is 221 g/mol. The summed E-state index contributed by atoms with van der Waals surface area (Å²) in [5.41, 5.74) is 2.46. The molecule has 0 spiro atoms. The van der Waals surface area contributed by atoms with Crippen LogP contribution in [0.1, 0.15) is 37.9 Å². The minimum Gasteiger partial charge on any atom is -0.504 e. The summed E-state index contributed by atoms with van der Waals surface area (Å²) in [5, 5.41) is 13.3. The largest absolute Gasteiger partial charge is 0.504 e. The number of aromatic hydroxyl groups is 1. The van der Waals surface area contributed by atoms with Gasteiger partial charge >= 0.3 is 0 Å². The van der Waals surface area contributed by atoms with E-state index in [9.17, 15) is 5.11 Å². The number of ether oxygens (including phenoxy) is 1. The van der Waals surface area contributed by atoms with E-state index in [0.717, 1.165) is 13.0 Å². The van der Waals surface area contributed by atoms with E-state index in [4.69, 9.17) is 4.74 Å². The van der Waals surface area contributed by atoms with Gasteiger partial charge in [0.15, 0.2) is 11.5 Å². The van der Waals surface area contributed by atoms with E-state index in [-0.39, 0.29) is 11.9 Å². The molecule has 1 aliphatic rings. The molecule has 88 valence electrons. The summed E-state index contributed by atoms with van der Waals surface area (Å²) in [4.78, 5) is 0. The molecule has 0 aliphatic carbocycles. The fourth-order valence-electron chi connectivity index (χ4n) is 2.13. The zero-order valence-corrected chi connectivity index (χ0v) is 10.1. The SMILES string of the molecule is CC(C)Oc1cc2c(cc1O)CCN[C@H]2C. The van der Waals surface area contributed by atoms with Crippen molar-refractivity contribution < 1.29 is 9.84 Å². The maximum atomic E-state index is 9.86. The first-order valence-electron chi connectivity index (χ1n) is 5.83. The standard InChI is InChI=1S/C13H19NO2/c1-8(2)16-13-7-11-9(3)14-5-4-10(11)6-12(13)15/h6-9,14-15H,4-5H2,1-3H3/t9-/m0/s1. The summed E-state index contributed by atoms with van der Waals surface area (Å²) in [6.45, 7) is 7.02. The summed E-state index contributed by atoms with van der Waals surface area (Å²) in [6, 6.07) is 4.13. The molecule has 2 N–H and O–H groups in total. The normalized spacial score (nSPS) is 19.6. The Morgan fingerprint density at radius 3 is 2.88 bits per heavy atom. The molecule has 0 saturated heterocycles. The van der Waals surface area contributed by atoms with Crippen molar-refractivity contribution in [1.82, 2.24) is 5.32 Å². The Hall–Kier alpha value is -1.22. The van der Waals surface area contributed by atoms with Crippen LogP contribution in [0.5, 0.6) is 11.5 Å². The highest BCUT2D eigenvalue weighted by Crippen LogP contribution is 2.34. The predicted molar refractivity (Wildman–Crippen MR) is 64.0 cm³/mol. The van der Waals surface area contributed by atoms with Crippen molar-refractivity contribution in [2.24, 2.45) is 0 Å². The average molecular weight is 221 g/mol. The molecule has 0 amide bonds. The zero-order chi connectivity index (χ0) is 11.7. The molecule has 1 atom stereocenters. The van der Waals surface area contributed by atoms with Gasteiger partial charge in [-0.05, 0) is 57.0 Å². The van der Waals surface area contributed by atoms with E-state index in [1.165, 1.54) is 11.1 Å². The van der Waals surface area contributed by atoms with Gasteiger partial charge < -0.3 is 15.2 Å². The van der Waals surface area contributed by atoms with E-state index in [2.05, 4.69) is 12.2 Å². The minimum atomic E-state index is 0.0794. The number of rotatable bonds is 2. The van der Waals surface area contributed by atoms with Crippen molar-refractivity contribution in [2.75, 3.05) is 6.54 Å². The molecular weight excluding hydrogens is 202 g/mol. The van der Waals surface area contributed by atoms with Gasteiger partial charge in [0.25, 0.3) is 0 Å². The van der Waals surface area contributed by atoms with Crippen LogP contribution in [0.2, 0.25) is 0 Å². The highest BCUT2D eigenvalue weighted by Gasteiger charge is 2.19. The third kappa shape index (κ3) is 2.14. The van der Waals surface area contributed by atoms with E-state index in [1.807, 2.05) is 26.0 Å². The Bertz CT molecular complexity index is 388. The number of benzene rings is 1. The molecule has 16 heavy (non-hydrogen) atoms. The summed E-state index contributed by atoms with van der Waals surface area (Å²) in [5.74, 6) is 0.839. The van der Waals surface area contributed by atoms with Crippen molar-refractivity contribution in [3.63, 3.8) is 0 Å². The molecule has 1 heterocycles. The van der Waals surface area contributed by atoms with Gasteiger partial charge in [-0.25, -0.2) is 0 Å². The summed E-state index contributed by atoms with van der Waals surface area (Å²) >= 11 is 0. The fraction of sp³-hybridized carbons (Fsp3) is 0.538. The number of fused-ring (bicyclic) bond motifs is 1. The highest BCUT2D eigenvalue weighted by atomic mass is 16.5. The van der Waals surface area contributed by atoms with E-state index >= 15 is 0 Å². The van der Waals surface area contributed by atoms with Crippen LogP contribution in [-0.2, 0) is 6.42 Å². The van der Waals surface area contributed by atoms with Crippen LogP contribution in [0.3, 0.4) is 0 Å². The summed E-state index contributed by atoms with van der Waals surface area (Å²) in [6.07, 6.45) is 1.05. The first-order chi connectivity index (χ1) is 7.58. The van der Waals surface area contributed by atoms with E-state index < -0.39 is 0 Å². The Morgan fingerprint density at radius 2 is 2.19 bits per heavy atom. The second-order valence-corrected chi connectivity index (χ2v) is 4.61. The lowest BCUT2D eigenvalue weighted by Crippen LogP contribution is -2.27. The smallest absolute Gasteiger partial charge is 0.161 e. The summed E-state index contributed by atoms with van der Waals surface area (Å²) < 4.78 is 5.58. The van der Waals surface area contributed by atoms with Gasteiger partial charge in [-0.2, -0.15) is 0 Å². The Balaban J connectivity index is 2.38. The number of hydrogen-bond donors (Lipinski definition) is 2. The van der Waals surface area contributed by atoms with Crippen molar-refractivity contribution in [2.45, 2.75) is 39.3 Å². The Morgan fingerprint density at radius 1 is 1.44 bits per heavy atom. The zero-order valence-electron chi connectivity index (χ0n) is 10.1. The van der Waals surface area contributed by atoms with Gasteiger partial charge in [-0.15, -0.1) is 0 Å². The van der Waals surface area contributed by atoms with E-state index in [1.54, 1.807) is 0 Å². The van der Waals surface area contributed by atoms with Crippen LogP contribution in [0.25, 0.3) is 0 Å². The lowest BCUT2D eigenvalue weighted by molar-refractivity contribution is 0.231. The van der Waals surface area contributed by atoms with Gasteiger partial charge in [-0.3, -0.25) is 0 Å². The second-order valence-electron chi connectivity index (χ2n) is 4.61. The van der Waals surface area contributed by atoms with Gasteiger partial charge in [0.05, 0.1) is 6.10 Å². The van der Waals surface area contributed by atoms with Gasteiger partial charge in [0.1, 0.15) is 0 Å². The molecular formula is C13H19NO2. The molecule has 2 rings (SSSR count). The highest BCUT2D eigenvalue weighted by molar-refractivity contribution is 5.48. The first-order valence-corrected chi connectivity index (χ1v) is 5.83. The Labute approximate surface area is 96.4 Å². The molecule has 0 unspecified atom stereocenters.